The van der Waals surface area contributed by atoms with Crippen molar-refractivity contribution in [3.8, 4) is 11.3 Å². The van der Waals surface area contributed by atoms with Crippen molar-refractivity contribution in [2.75, 3.05) is 0 Å². The van der Waals surface area contributed by atoms with Crippen LogP contribution < -0.4 is 22.5 Å². The fourth-order valence-corrected chi connectivity index (χ4v) is 3.24. The van der Waals surface area contributed by atoms with Gasteiger partial charge in [-0.15, -0.1) is 0 Å². The highest BCUT2D eigenvalue weighted by Gasteiger charge is 2.18. The molecule has 0 amide bonds. The molecule has 0 aliphatic rings. The van der Waals surface area contributed by atoms with E-state index in [0.29, 0.717) is 5.56 Å². The fourth-order valence-electron chi connectivity index (χ4n) is 3.24. The highest BCUT2D eigenvalue weighted by molar-refractivity contribution is 6.14. The summed E-state index contributed by atoms with van der Waals surface area (Å²) in [7, 11) is 0. The number of hydrogen-bond acceptors (Lipinski definition) is 9. The van der Waals surface area contributed by atoms with Crippen molar-refractivity contribution in [1.82, 2.24) is 4.98 Å². The Morgan fingerprint density at radius 2 is 1.09 bits per heavy atom. The summed E-state index contributed by atoms with van der Waals surface area (Å²) in [4.78, 5) is 53.1. The lowest BCUT2D eigenvalue weighted by molar-refractivity contribution is 0.515. The Hall–Kier alpha value is -4.79. The van der Waals surface area contributed by atoms with Crippen LogP contribution >= 0.6 is 0 Å². The molecule has 0 aliphatic heterocycles. The van der Waals surface area contributed by atoms with Gasteiger partial charge in [0.05, 0.1) is 10.9 Å². The Labute approximate surface area is 176 Å². The monoisotopic (exact) mass is 429 g/mol. The third kappa shape index (κ3) is 3.37. The van der Waals surface area contributed by atoms with Crippen LogP contribution in [0.25, 0.3) is 44.5 Å². The first-order valence-corrected chi connectivity index (χ1v) is 9.29. The standard InChI is InChI=1S/C23H11NO8/c25-15-8-9-16(26)30-21-14(29-15)7-6-13-19(21)22-23(32-18(28)11-10-17(27)31-22)20(24-13)12-4-2-1-3-5-12/h1-11H. The molecule has 3 heterocycles. The minimum atomic E-state index is -0.860. The molecule has 32 heavy (non-hydrogen) atoms. The van der Waals surface area contributed by atoms with Gasteiger partial charge in [0.2, 0.25) is 5.58 Å². The second-order valence-corrected chi connectivity index (χ2v) is 6.62. The number of nitrogens with zero attached hydrogens (tertiary/aromatic N) is 1. The summed E-state index contributed by atoms with van der Waals surface area (Å²) in [6.45, 7) is 0. The summed E-state index contributed by atoms with van der Waals surface area (Å²) >= 11 is 0. The van der Waals surface area contributed by atoms with Crippen molar-refractivity contribution in [1.29, 1.82) is 0 Å². The molecule has 5 aromatic rings. The van der Waals surface area contributed by atoms with Gasteiger partial charge in [-0.25, -0.2) is 24.2 Å². The summed E-state index contributed by atoms with van der Waals surface area (Å²) in [5.41, 5.74) is -2.97. The van der Waals surface area contributed by atoms with Gasteiger partial charge in [-0.05, 0) is 12.1 Å². The first-order valence-electron chi connectivity index (χ1n) is 9.29. The molecule has 0 radical (unpaired) electrons. The first kappa shape index (κ1) is 19.2. The second-order valence-electron chi connectivity index (χ2n) is 6.62. The van der Waals surface area contributed by atoms with E-state index < -0.39 is 22.5 Å². The number of fused-ring (bicyclic) bond motifs is 5. The lowest BCUT2D eigenvalue weighted by atomic mass is 10.1. The predicted molar refractivity (Wildman–Crippen MR) is 114 cm³/mol. The maximum Gasteiger partial charge on any atom is 0.336 e. The molecule has 0 N–H and O–H groups in total. The molecule has 0 bridgehead atoms. The van der Waals surface area contributed by atoms with Crippen molar-refractivity contribution in [2.45, 2.75) is 0 Å². The number of benzene rings is 2. The van der Waals surface area contributed by atoms with E-state index >= 15 is 0 Å². The summed E-state index contributed by atoms with van der Waals surface area (Å²) in [5.74, 6) is 0. The average molecular weight is 429 g/mol. The van der Waals surface area contributed by atoms with Crippen LogP contribution in [0.3, 0.4) is 0 Å². The number of pyridine rings is 1. The van der Waals surface area contributed by atoms with Crippen molar-refractivity contribution in [3.63, 3.8) is 0 Å². The third-order valence-electron chi connectivity index (χ3n) is 4.56. The Kier molecular flexibility index (Phi) is 4.48. The molecule has 9 heteroatoms. The van der Waals surface area contributed by atoms with Crippen LogP contribution in [0.5, 0.6) is 0 Å². The molecule has 2 aromatic carbocycles. The van der Waals surface area contributed by atoms with Crippen LogP contribution in [0.4, 0.5) is 0 Å². The zero-order chi connectivity index (χ0) is 22.2. The van der Waals surface area contributed by atoms with Crippen LogP contribution in [-0.4, -0.2) is 4.98 Å². The molecular formula is C23H11NO8. The van der Waals surface area contributed by atoms with Crippen molar-refractivity contribution >= 4 is 33.2 Å². The molecule has 0 saturated carbocycles. The third-order valence-corrected chi connectivity index (χ3v) is 4.56. The Morgan fingerprint density at radius 3 is 1.75 bits per heavy atom. The van der Waals surface area contributed by atoms with Gasteiger partial charge < -0.3 is 17.7 Å². The van der Waals surface area contributed by atoms with E-state index in [0.717, 1.165) is 24.3 Å². The average Bonchev–Trinajstić information content (AvgIpc) is 2.77. The Morgan fingerprint density at radius 1 is 0.531 bits per heavy atom. The molecular weight excluding hydrogens is 418 g/mol. The van der Waals surface area contributed by atoms with Crippen LogP contribution in [-0.2, 0) is 0 Å². The van der Waals surface area contributed by atoms with Gasteiger partial charge in [0, 0.05) is 29.8 Å². The normalized spacial score (nSPS) is 11.0. The first-order chi connectivity index (χ1) is 15.5. The summed E-state index contributed by atoms with van der Waals surface area (Å²) in [5, 5.41) is 0.0186. The molecule has 9 nitrogen and oxygen atoms in total. The van der Waals surface area contributed by atoms with Crippen molar-refractivity contribution in [3.05, 3.63) is 108 Å². The van der Waals surface area contributed by atoms with Crippen LogP contribution in [0.1, 0.15) is 0 Å². The number of aromatic nitrogens is 1. The van der Waals surface area contributed by atoms with E-state index in [1.807, 2.05) is 0 Å². The minimum Gasteiger partial charge on any atom is -0.419 e. The van der Waals surface area contributed by atoms with E-state index in [4.69, 9.17) is 17.7 Å². The molecule has 0 fully saturated rings. The quantitative estimate of drug-likeness (QED) is 0.394. The smallest absolute Gasteiger partial charge is 0.336 e. The number of hydrogen-bond donors (Lipinski definition) is 0. The maximum absolute atomic E-state index is 12.3. The topological polar surface area (TPSA) is 134 Å². The van der Waals surface area contributed by atoms with Gasteiger partial charge in [0.1, 0.15) is 5.69 Å². The van der Waals surface area contributed by atoms with Crippen molar-refractivity contribution < 1.29 is 17.7 Å². The van der Waals surface area contributed by atoms with Gasteiger partial charge in [-0.3, -0.25) is 0 Å². The summed E-state index contributed by atoms with van der Waals surface area (Å²) in [6, 6.07) is 15.3. The van der Waals surface area contributed by atoms with Crippen molar-refractivity contribution in [2.24, 2.45) is 0 Å². The van der Waals surface area contributed by atoms with E-state index in [9.17, 15) is 19.2 Å². The van der Waals surface area contributed by atoms with E-state index in [1.165, 1.54) is 12.1 Å². The minimum absolute atomic E-state index is 0.0186. The molecule has 5 rings (SSSR count). The van der Waals surface area contributed by atoms with Gasteiger partial charge >= 0.3 is 22.5 Å². The van der Waals surface area contributed by atoms with Gasteiger partial charge in [0.25, 0.3) is 0 Å². The lowest BCUT2D eigenvalue weighted by Gasteiger charge is -2.07. The van der Waals surface area contributed by atoms with Gasteiger partial charge in [0.15, 0.2) is 16.7 Å². The van der Waals surface area contributed by atoms with Gasteiger partial charge in [-0.2, -0.15) is 0 Å². The largest absolute Gasteiger partial charge is 0.419 e. The molecule has 156 valence electrons. The highest BCUT2D eigenvalue weighted by atomic mass is 16.4. The molecule has 0 aliphatic carbocycles. The molecule has 0 saturated heterocycles. The van der Waals surface area contributed by atoms with E-state index in [-0.39, 0.29) is 38.9 Å². The summed E-state index contributed by atoms with van der Waals surface area (Å²) < 4.78 is 21.5. The SMILES string of the molecule is O=c1ccc(=O)oc2c(ccc3nc(-c4ccccc4)c4oc(=O)ccc(=O)oc4c32)o1. The van der Waals surface area contributed by atoms with Crippen LogP contribution in [0, 0.1) is 0 Å². The van der Waals surface area contributed by atoms with Crippen LogP contribution in [0.2, 0.25) is 0 Å². The highest BCUT2D eigenvalue weighted by Crippen LogP contribution is 2.34. The Balaban J connectivity index is 2.16. The fraction of sp³-hybridized carbons (Fsp3) is 0. The Bertz CT molecular complexity index is 1810. The lowest BCUT2D eigenvalue weighted by Crippen LogP contribution is -2.03. The maximum atomic E-state index is 12.3. The van der Waals surface area contributed by atoms with E-state index in [2.05, 4.69) is 4.98 Å². The summed E-state index contributed by atoms with van der Waals surface area (Å²) in [6.07, 6.45) is 0. The zero-order valence-corrected chi connectivity index (χ0v) is 16.1. The van der Waals surface area contributed by atoms with Crippen LogP contribution in [0.15, 0.2) is 104 Å². The zero-order valence-electron chi connectivity index (χ0n) is 16.1. The van der Waals surface area contributed by atoms with Gasteiger partial charge in [-0.1, -0.05) is 30.3 Å². The molecule has 0 spiro atoms. The predicted octanol–water partition coefficient (Wildman–Crippen LogP) is 3.15. The van der Waals surface area contributed by atoms with E-state index in [1.54, 1.807) is 30.3 Å². The molecule has 0 atom stereocenters. The number of rotatable bonds is 1. The molecule has 3 aromatic heterocycles. The second kappa shape index (κ2) is 7.47. The molecule has 0 unspecified atom stereocenters.